The lowest BCUT2D eigenvalue weighted by molar-refractivity contribution is -0.172. The van der Waals surface area contributed by atoms with Crippen molar-refractivity contribution < 1.29 is 27.9 Å². The zero-order valence-electron chi connectivity index (χ0n) is 20.2. The molecule has 2 aromatic carbocycles. The molecule has 0 radical (unpaired) electrons. The molecule has 3 aromatic rings. The fourth-order valence-corrected chi connectivity index (χ4v) is 6.06. The summed E-state index contributed by atoms with van der Waals surface area (Å²) in [5.74, 6) is -0.831. The monoisotopic (exact) mass is 499 g/mol. The summed E-state index contributed by atoms with van der Waals surface area (Å²) in [6.07, 6.45) is -1.96. The summed E-state index contributed by atoms with van der Waals surface area (Å²) in [7, 11) is 0. The number of nitrogens with one attached hydrogen (secondary N) is 1. The van der Waals surface area contributed by atoms with Gasteiger partial charge in [0.15, 0.2) is 5.69 Å². The van der Waals surface area contributed by atoms with Gasteiger partial charge in [-0.05, 0) is 66.3 Å². The third kappa shape index (κ3) is 4.35. The van der Waals surface area contributed by atoms with Gasteiger partial charge in [-0.2, -0.15) is 18.3 Å². The number of carboxylic acid groups (broad SMARTS) is 1. The molecule has 9 heteroatoms. The Morgan fingerprint density at radius 1 is 1.11 bits per heavy atom. The molecule has 0 saturated heterocycles. The summed E-state index contributed by atoms with van der Waals surface area (Å²) in [4.78, 5) is 24.6. The number of alkyl halides is 3. The molecule has 0 spiro atoms. The van der Waals surface area contributed by atoms with Gasteiger partial charge in [-0.1, -0.05) is 38.1 Å². The van der Waals surface area contributed by atoms with E-state index in [4.69, 9.17) is 5.11 Å². The predicted molar refractivity (Wildman–Crippen MR) is 128 cm³/mol. The second kappa shape index (κ2) is 8.35. The van der Waals surface area contributed by atoms with E-state index in [9.17, 15) is 22.8 Å². The van der Waals surface area contributed by atoms with Crippen LogP contribution in [0.4, 0.5) is 13.2 Å². The van der Waals surface area contributed by atoms with Gasteiger partial charge in [0, 0.05) is 17.5 Å². The van der Waals surface area contributed by atoms with Crippen molar-refractivity contribution in [2.75, 3.05) is 0 Å². The maximum atomic E-state index is 13.4. The molecule has 1 amide bonds. The lowest BCUT2D eigenvalue weighted by Gasteiger charge is -2.70. The summed E-state index contributed by atoms with van der Waals surface area (Å²) in [6, 6.07) is 10.7. The number of hydrogen-bond donors (Lipinski definition) is 2. The maximum Gasteiger partial charge on any atom is 0.416 e. The molecule has 6 nitrogen and oxygen atoms in total. The van der Waals surface area contributed by atoms with Crippen LogP contribution in [0.5, 0.6) is 0 Å². The van der Waals surface area contributed by atoms with Crippen LogP contribution in [0.1, 0.15) is 66.7 Å². The SMILES string of the molecule is CC(C)Cn1nc(C(=O)NC23CC(CC(=O)O)(C2)C3)c2c(Cc3ccc(C(F)(F)F)cc3)cccc21. The fourth-order valence-electron chi connectivity index (χ4n) is 6.06. The number of aromatic nitrogens is 2. The van der Waals surface area contributed by atoms with Crippen LogP contribution in [0.25, 0.3) is 10.9 Å². The summed E-state index contributed by atoms with van der Waals surface area (Å²) in [5.41, 5.74) is 1.34. The minimum absolute atomic E-state index is 0.119. The molecule has 1 heterocycles. The van der Waals surface area contributed by atoms with E-state index >= 15 is 0 Å². The van der Waals surface area contributed by atoms with Crippen molar-refractivity contribution >= 4 is 22.8 Å². The first-order valence-electron chi connectivity index (χ1n) is 12.1. The molecule has 36 heavy (non-hydrogen) atoms. The van der Waals surface area contributed by atoms with Crippen molar-refractivity contribution in [1.29, 1.82) is 0 Å². The fraction of sp³-hybridized carbons (Fsp3) is 0.444. The highest BCUT2D eigenvalue weighted by Crippen LogP contribution is 2.69. The van der Waals surface area contributed by atoms with Crippen LogP contribution in [0.15, 0.2) is 42.5 Å². The Labute approximate surface area is 206 Å². The number of hydrogen-bond acceptors (Lipinski definition) is 3. The first-order valence-corrected chi connectivity index (χ1v) is 12.1. The molecule has 3 saturated carbocycles. The molecule has 0 aliphatic heterocycles. The molecule has 3 aliphatic carbocycles. The van der Waals surface area contributed by atoms with Crippen molar-refractivity contribution in [1.82, 2.24) is 15.1 Å². The van der Waals surface area contributed by atoms with E-state index < -0.39 is 17.7 Å². The van der Waals surface area contributed by atoms with Gasteiger partial charge < -0.3 is 10.4 Å². The van der Waals surface area contributed by atoms with Crippen molar-refractivity contribution in [3.05, 3.63) is 64.8 Å². The quantitative estimate of drug-likeness (QED) is 0.433. The van der Waals surface area contributed by atoms with Crippen LogP contribution in [0, 0.1) is 11.3 Å². The number of carboxylic acids is 1. The van der Waals surface area contributed by atoms with Gasteiger partial charge in [-0.25, -0.2) is 0 Å². The first-order chi connectivity index (χ1) is 16.9. The van der Waals surface area contributed by atoms with Crippen molar-refractivity contribution in [3.8, 4) is 0 Å². The van der Waals surface area contributed by atoms with Crippen molar-refractivity contribution in [2.24, 2.45) is 11.3 Å². The zero-order valence-corrected chi connectivity index (χ0v) is 20.2. The number of amides is 1. The first kappa shape index (κ1) is 24.3. The van der Waals surface area contributed by atoms with Crippen molar-refractivity contribution in [2.45, 2.75) is 64.2 Å². The van der Waals surface area contributed by atoms with Crippen LogP contribution in [-0.4, -0.2) is 32.3 Å². The smallest absolute Gasteiger partial charge is 0.416 e. The van der Waals surface area contributed by atoms with E-state index in [2.05, 4.69) is 24.3 Å². The van der Waals surface area contributed by atoms with E-state index in [1.165, 1.54) is 12.1 Å². The van der Waals surface area contributed by atoms with Crippen LogP contribution >= 0.6 is 0 Å². The van der Waals surface area contributed by atoms with Gasteiger partial charge in [0.25, 0.3) is 5.91 Å². The third-order valence-electron chi connectivity index (χ3n) is 7.34. The Bertz CT molecular complexity index is 1320. The second-order valence-corrected chi connectivity index (χ2v) is 10.9. The van der Waals surface area contributed by atoms with Crippen LogP contribution in [0.2, 0.25) is 0 Å². The summed E-state index contributed by atoms with van der Waals surface area (Å²) < 4.78 is 40.8. The highest BCUT2D eigenvalue weighted by molar-refractivity contribution is 6.06. The highest BCUT2D eigenvalue weighted by atomic mass is 19.4. The highest BCUT2D eigenvalue weighted by Gasteiger charge is 2.68. The zero-order chi connectivity index (χ0) is 25.9. The molecular formula is C27H28F3N3O3. The molecule has 2 N–H and O–H groups in total. The number of fused-ring (bicyclic) bond motifs is 1. The number of carbonyl (C=O) groups is 2. The molecule has 190 valence electrons. The molecule has 2 bridgehead atoms. The molecule has 0 unspecified atom stereocenters. The largest absolute Gasteiger partial charge is 0.481 e. The summed E-state index contributed by atoms with van der Waals surface area (Å²) in [5, 5.41) is 17.6. The molecule has 3 aliphatic rings. The van der Waals surface area contributed by atoms with Gasteiger partial charge in [-0.3, -0.25) is 14.3 Å². The number of aliphatic carboxylic acids is 1. The molecule has 6 rings (SSSR count). The van der Waals surface area contributed by atoms with Gasteiger partial charge in [0.2, 0.25) is 0 Å². The van der Waals surface area contributed by atoms with Gasteiger partial charge in [-0.15, -0.1) is 0 Å². The Balaban J connectivity index is 1.45. The summed E-state index contributed by atoms with van der Waals surface area (Å²) in [6.45, 7) is 4.73. The van der Waals surface area contributed by atoms with Crippen LogP contribution < -0.4 is 5.32 Å². The lowest BCUT2D eigenvalue weighted by Crippen LogP contribution is -2.75. The third-order valence-corrected chi connectivity index (χ3v) is 7.34. The Morgan fingerprint density at radius 3 is 2.36 bits per heavy atom. The molecule has 0 atom stereocenters. The van der Waals surface area contributed by atoms with Gasteiger partial charge >= 0.3 is 12.1 Å². The normalized spacial score (nSPS) is 22.8. The second-order valence-electron chi connectivity index (χ2n) is 10.9. The molecule has 3 fully saturated rings. The minimum Gasteiger partial charge on any atom is -0.481 e. The summed E-state index contributed by atoms with van der Waals surface area (Å²) >= 11 is 0. The Morgan fingerprint density at radius 2 is 1.78 bits per heavy atom. The van der Waals surface area contributed by atoms with Crippen LogP contribution in [-0.2, 0) is 23.9 Å². The standard InChI is InChI=1S/C27H28F3N3O3/c1-16(2)12-33-20-5-3-4-18(10-17-6-8-19(9-7-17)27(28,29)30)22(20)23(32-33)24(36)31-26-13-25(14-26,15-26)11-21(34)35/h3-9,16H,10-15H2,1-2H3,(H,31,36)(H,34,35). The maximum absolute atomic E-state index is 13.4. The van der Waals surface area contributed by atoms with Crippen LogP contribution in [0.3, 0.4) is 0 Å². The van der Waals surface area contributed by atoms with E-state index in [1.807, 2.05) is 22.9 Å². The predicted octanol–water partition coefficient (Wildman–Crippen LogP) is 5.43. The minimum atomic E-state index is -4.40. The molecule has 1 aromatic heterocycles. The topological polar surface area (TPSA) is 84.2 Å². The van der Waals surface area contributed by atoms with E-state index in [1.54, 1.807) is 0 Å². The van der Waals surface area contributed by atoms with E-state index in [-0.39, 0.29) is 29.2 Å². The number of nitrogens with zero attached hydrogens (tertiary/aromatic N) is 2. The van der Waals surface area contributed by atoms with E-state index in [0.29, 0.717) is 48.9 Å². The van der Waals surface area contributed by atoms with Gasteiger partial charge in [0.05, 0.1) is 17.5 Å². The van der Waals surface area contributed by atoms with Crippen molar-refractivity contribution in [3.63, 3.8) is 0 Å². The van der Waals surface area contributed by atoms with E-state index in [0.717, 1.165) is 23.2 Å². The Kier molecular flexibility index (Phi) is 5.65. The average molecular weight is 500 g/mol. The Hall–Kier alpha value is -3.36. The molecular weight excluding hydrogens is 471 g/mol. The number of carbonyl (C=O) groups excluding carboxylic acids is 1. The van der Waals surface area contributed by atoms with Gasteiger partial charge in [0.1, 0.15) is 0 Å². The number of rotatable bonds is 8. The average Bonchev–Trinajstić information content (AvgIpc) is 3.10. The lowest BCUT2D eigenvalue weighted by atomic mass is 9.38. The number of benzene rings is 2. The number of halogens is 3.